The van der Waals surface area contributed by atoms with Crippen LogP contribution in [0.2, 0.25) is 5.02 Å². The largest absolute Gasteiger partial charge is 0.322 e. The number of hydrogen-bond acceptors (Lipinski definition) is 1. The molecule has 1 aromatic rings. The van der Waals surface area contributed by atoms with Crippen LogP contribution in [0.15, 0.2) is 24.3 Å². The highest BCUT2D eigenvalue weighted by Crippen LogP contribution is 2.33. The average molecular weight is 222 g/mol. The van der Waals surface area contributed by atoms with Crippen molar-refractivity contribution in [1.29, 1.82) is 0 Å². The molecule has 0 spiro atoms. The molecule has 2 heteroatoms. The Bertz CT molecular complexity index is 413. The van der Waals surface area contributed by atoms with Crippen LogP contribution in [0, 0.1) is 0 Å². The van der Waals surface area contributed by atoms with Crippen LogP contribution in [-0.4, -0.2) is 5.54 Å². The van der Waals surface area contributed by atoms with E-state index in [4.69, 9.17) is 17.3 Å². The summed E-state index contributed by atoms with van der Waals surface area (Å²) in [6.45, 7) is 4.09. The molecule has 0 saturated heterocycles. The van der Waals surface area contributed by atoms with Gasteiger partial charge in [-0.15, -0.1) is 0 Å². The average Bonchev–Trinajstić information content (AvgIpc) is 2.15. The van der Waals surface area contributed by atoms with Gasteiger partial charge in [0.2, 0.25) is 0 Å². The molecule has 15 heavy (non-hydrogen) atoms. The van der Waals surface area contributed by atoms with E-state index in [1.54, 1.807) is 0 Å². The third-order valence-electron chi connectivity index (χ3n) is 2.81. The van der Waals surface area contributed by atoms with E-state index in [1.807, 2.05) is 19.9 Å². The van der Waals surface area contributed by atoms with Crippen molar-refractivity contribution < 1.29 is 0 Å². The van der Waals surface area contributed by atoms with Crippen LogP contribution < -0.4 is 5.73 Å². The monoisotopic (exact) mass is 221 g/mol. The standard InChI is InChI=1S/C13H16ClN/c1-13(2,15)12-5-3-4-9-8-10(14)6-7-11(9)12/h5-8H,3-4,15H2,1-2H3. The number of allylic oxidation sites excluding steroid dienone is 1. The van der Waals surface area contributed by atoms with Crippen molar-refractivity contribution >= 4 is 17.2 Å². The Labute approximate surface area is 95.9 Å². The molecule has 1 nitrogen and oxygen atoms in total. The van der Waals surface area contributed by atoms with Crippen molar-refractivity contribution in [2.45, 2.75) is 32.2 Å². The molecular formula is C13H16ClN. The van der Waals surface area contributed by atoms with Crippen molar-refractivity contribution in [2.24, 2.45) is 5.73 Å². The molecule has 2 N–H and O–H groups in total. The summed E-state index contributed by atoms with van der Waals surface area (Å²) < 4.78 is 0. The van der Waals surface area contributed by atoms with Crippen LogP contribution >= 0.6 is 11.6 Å². The van der Waals surface area contributed by atoms with Gasteiger partial charge in [-0.3, -0.25) is 0 Å². The van der Waals surface area contributed by atoms with Gasteiger partial charge in [-0.2, -0.15) is 0 Å². The van der Waals surface area contributed by atoms with Gasteiger partial charge in [-0.25, -0.2) is 0 Å². The number of aryl methyl sites for hydroxylation is 1. The van der Waals surface area contributed by atoms with E-state index in [-0.39, 0.29) is 5.54 Å². The van der Waals surface area contributed by atoms with Gasteiger partial charge < -0.3 is 5.73 Å². The third-order valence-corrected chi connectivity index (χ3v) is 3.05. The summed E-state index contributed by atoms with van der Waals surface area (Å²) in [5.74, 6) is 0. The van der Waals surface area contributed by atoms with Crippen LogP contribution in [0.1, 0.15) is 31.4 Å². The van der Waals surface area contributed by atoms with Crippen molar-refractivity contribution in [3.63, 3.8) is 0 Å². The second kappa shape index (κ2) is 3.66. The van der Waals surface area contributed by atoms with Crippen molar-refractivity contribution in [3.05, 3.63) is 40.4 Å². The summed E-state index contributed by atoms with van der Waals surface area (Å²) in [5.41, 5.74) is 9.70. The summed E-state index contributed by atoms with van der Waals surface area (Å²) in [6, 6.07) is 6.07. The lowest BCUT2D eigenvalue weighted by atomic mass is 9.81. The number of benzene rings is 1. The van der Waals surface area contributed by atoms with E-state index < -0.39 is 0 Å². The van der Waals surface area contributed by atoms with Crippen molar-refractivity contribution in [1.82, 2.24) is 0 Å². The van der Waals surface area contributed by atoms with E-state index in [9.17, 15) is 0 Å². The first-order valence-electron chi connectivity index (χ1n) is 5.27. The van der Waals surface area contributed by atoms with Crippen molar-refractivity contribution in [2.75, 3.05) is 0 Å². The molecule has 0 amide bonds. The zero-order chi connectivity index (χ0) is 11.1. The van der Waals surface area contributed by atoms with Crippen molar-refractivity contribution in [3.8, 4) is 0 Å². The lowest BCUT2D eigenvalue weighted by Gasteiger charge is -2.28. The molecule has 2 rings (SSSR count). The maximum absolute atomic E-state index is 6.16. The highest BCUT2D eigenvalue weighted by atomic mass is 35.5. The molecule has 0 bridgehead atoms. The molecule has 0 heterocycles. The molecule has 1 aliphatic carbocycles. The summed E-state index contributed by atoms with van der Waals surface area (Å²) in [7, 11) is 0. The first-order valence-corrected chi connectivity index (χ1v) is 5.64. The number of halogens is 1. The Morgan fingerprint density at radius 2 is 2.07 bits per heavy atom. The normalized spacial score (nSPS) is 15.9. The first-order chi connectivity index (χ1) is 6.98. The number of fused-ring (bicyclic) bond motifs is 1. The van der Waals surface area contributed by atoms with Gasteiger partial charge in [-0.05, 0) is 55.5 Å². The number of hydrogen-bond donors (Lipinski definition) is 1. The molecule has 0 unspecified atom stereocenters. The van der Waals surface area contributed by atoms with Crippen LogP contribution in [0.25, 0.3) is 5.57 Å². The van der Waals surface area contributed by atoms with E-state index in [0.29, 0.717) is 0 Å². The van der Waals surface area contributed by atoms with E-state index in [0.717, 1.165) is 17.9 Å². The van der Waals surface area contributed by atoms with Crippen LogP contribution in [0.3, 0.4) is 0 Å². The lowest BCUT2D eigenvalue weighted by Crippen LogP contribution is -2.34. The Morgan fingerprint density at radius 1 is 1.33 bits per heavy atom. The molecular weight excluding hydrogens is 206 g/mol. The fourth-order valence-corrected chi connectivity index (χ4v) is 2.32. The topological polar surface area (TPSA) is 26.0 Å². The van der Waals surface area contributed by atoms with Gasteiger partial charge in [0.05, 0.1) is 0 Å². The zero-order valence-electron chi connectivity index (χ0n) is 9.18. The zero-order valence-corrected chi connectivity index (χ0v) is 9.93. The summed E-state index contributed by atoms with van der Waals surface area (Å²) in [6.07, 6.45) is 4.37. The SMILES string of the molecule is CC(C)(N)C1=CCCc2cc(Cl)ccc21. The highest BCUT2D eigenvalue weighted by molar-refractivity contribution is 6.30. The number of nitrogens with two attached hydrogens (primary N) is 1. The van der Waals surface area contributed by atoms with E-state index >= 15 is 0 Å². The molecule has 80 valence electrons. The molecule has 0 aromatic heterocycles. The first kappa shape index (κ1) is 10.7. The quantitative estimate of drug-likeness (QED) is 0.773. The van der Waals surface area contributed by atoms with E-state index in [2.05, 4.69) is 18.2 Å². The molecule has 0 fully saturated rings. The number of rotatable bonds is 1. The minimum atomic E-state index is -0.275. The third kappa shape index (κ3) is 2.09. The Hall–Kier alpha value is -0.790. The summed E-state index contributed by atoms with van der Waals surface area (Å²) >= 11 is 5.99. The molecule has 0 aliphatic heterocycles. The minimum Gasteiger partial charge on any atom is -0.322 e. The predicted octanol–water partition coefficient (Wildman–Crippen LogP) is 3.41. The Morgan fingerprint density at radius 3 is 2.73 bits per heavy atom. The smallest absolute Gasteiger partial charge is 0.0409 e. The molecule has 1 aromatic carbocycles. The fraction of sp³-hybridized carbons (Fsp3) is 0.385. The van der Waals surface area contributed by atoms with Gasteiger partial charge in [0.25, 0.3) is 0 Å². The summed E-state index contributed by atoms with van der Waals surface area (Å²) in [4.78, 5) is 0. The molecule has 0 radical (unpaired) electrons. The lowest BCUT2D eigenvalue weighted by molar-refractivity contribution is 0.667. The molecule has 0 atom stereocenters. The van der Waals surface area contributed by atoms with Gasteiger partial charge in [0, 0.05) is 10.6 Å². The van der Waals surface area contributed by atoms with Gasteiger partial charge in [-0.1, -0.05) is 23.7 Å². The van der Waals surface area contributed by atoms with Gasteiger partial charge in [0.15, 0.2) is 0 Å². The summed E-state index contributed by atoms with van der Waals surface area (Å²) in [5, 5.41) is 0.810. The second-order valence-electron chi connectivity index (χ2n) is 4.68. The predicted molar refractivity (Wildman–Crippen MR) is 66.0 cm³/mol. The molecule has 1 aliphatic rings. The highest BCUT2D eigenvalue weighted by Gasteiger charge is 2.23. The maximum atomic E-state index is 6.16. The maximum Gasteiger partial charge on any atom is 0.0409 e. The Balaban J connectivity index is 2.52. The van der Waals surface area contributed by atoms with Crippen LogP contribution in [-0.2, 0) is 6.42 Å². The Kier molecular flexibility index (Phi) is 2.61. The van der Waals surface area contributed by atoms with Gasteiger partial charge in [0.1, 0.15) is 0 Å². The fourth-order valence-electron chi connectivity index (χ4n) is 2.12. The minimum absolute atomic E-state index is 0.275. The van der Waals surface area contributed by atoms with E-state index in [1.165, 1.54) is 16.7 Å². The van der Waals surface area contributed by atoms with Crippen LogP contribution in [0.4, 0.5) is 0 Å². The second-order valence-corrected chi connectivity index (χ2v) is 5.12. The van der Waals surface area contributed by atoms with Gasteiger partial charge >= 0.3 is 0 Å². The van der Waals surface area contributed by atoms with Crippen LogP contribution in [0.5, 0.6) is 0 Å². The molecule has 0 saturated carbocycles.